The molecule has 5 aromatic carbocycles. The van der Waals surface area contributed by atoms with Crippen LogP contribution in [0.4, 0.5) is 0 Å². The predicted octanol–water partition coefficient (Wildman–Crippen LogP) is 7.41. The van der Waals surface area contributed by atoms with Crippen LogP contribution in [-0.4, -0.2) is 27.0 Å². The normalized spacial score (nSPS) is 12.2. The molecule has 0 bridgehead atoms. The molecule has 2 aromatic heterocycles. The number of hydrogen-bond acceptors (Lipinski definition) is 3. The summed E-state index contributed by atoms with van der Waals surface area (Å²) in [7, 11) is 1.94. The van der Waals surface area contributed by atoms with Gasteiger partial charge in [0.15, 0.2) is 0 Å². The van der Waals surface area contributed by atoms with Crippen LogP contribution < -0.4 is 5.32 Å². The van der Waals surface area contributed by atoms with E-state index in [0.717, 1.165) is 33.7 Å². The number of nitrogens with one attached hydrogen (secondary N) is 3. The zero-order valence-corrected chi connectivity index (χ0v) is 20.6. The third kappa shape index (κ3) is 3.13. The van der Waals surface area contributed by atoms with Gasteiger partial charge in [-0.2, -0.15) is 0 Å². The number of nitrogens with zero attached hydrogens (tertiary/aromatic N) is 2. The fourth-order valence-electron chi connectivity index (χ4n) is 5.43. The van der Waals surface area contributed by atoms with E-state index in [-0.39, 0.29) is 0 Å². The standard InChI is InChI=1S/C31H27N5/c1-17(2)31-33-26-13-10-20-14-18(8-11-21(20)28(26)36-31)19-9-12-24-25(15-19)22-6-4-5-7-23(22)29-30(24)35-27(34-29)16-32-3/h4-15,17,32H,16H2,1-3H3,(H,33,36)(H,34,35). The predicted molar refractivity (Wildman–Crippen MR) is 151 cm³/mol. The fourth-order valence-corrected chi connectivity index (χ4v) is 5.43. The lowest BCUT2D eigenvalue weighted by Gasteiger charge is -2.10. The first-order chi connectivity index (χ1) is 17.6. The van der Waals surface area contributed by atoms with E-state index in [9.17, 15) is 0 Å². The highest BCUT2D eigenvalue weighted by atomic mass is 15.0. The Balaban J connectivity index is 1.43. The Kier molecular flexibility index (Phi) is 4.63. The Morgan fingerprint density at radius 3 is 2.31 bits per heavy atom. The van der Waals surface area contributed by atoms with Crippen molar-refractivity contribution in [3.8, 4) is 11.1 Å². The second-order valence-corrected chi connectivity index (χ2v) is 9.92. The number of aromatic amines is 2. The number of hydrogen-bond donors (Lipinski definition) is 3. The van der Waals surface area contributed by atoms with Crippen molar-refractivity contribution in [2.45, 2.75) is 26.3 Å². The summed E-state index contributed by atoms with van der Waals surface area (Å²) in [5.74, 6) is 2.36. The van der Waals surface area contributed by atoms with E-state index in [0.29, 0.717) is 12.5 Å². The molecule has 0 saturated carbocycles. The van der Waals surface area contributed by atoms with Crippen LogP contribution in [0.3, 0.4) is 0 Å². The lowest BCUT2D eigenvalue weighted by molar-refractivity contribution is 0.775. The zero-order chi connectivity index (χ0) is 24.4. The third-order valence-electron chi connectivity index (χ3n) is 7.23. The first kappa shape index (κ1) is 21.1. The molecular formula is C31H27N5. The summed E-state index contributed by atoms with van der Waals surface area (Å²) in [4.78, 5) is 16.8. The Morgan fingerprint density at radius 2 is 1.50 bits per heavy atom. The topological polar surface area (TPSA) is 69.4 Å². The summed E-state index contributed by atoms with van der Waals surface area (Å²) in [6.07, 6.45) is 0. The maximum absolute atomic E-state index is 4.91. The van der Waals surface area contributed by atoms with Crippen LogP contribution in [0.5, 0.6) is 0 Å². The SMILES string of the molecule is CNCc1nc2c3ccccc3c3cc(-c4ccc5c(ccc6nc(C(C)C)[nH]c65)c4)ccc3c2[nH]1. The fraction of sp³-hybridized carbons (Fsp3) is 0.161. The monoisotopic (exact) mass is 469 g/mol. The van der Waals surface area contributed by atoms with Gasteiger partial charge in [0.2, 0.25) is 0 Å². The van der Waals surface area contributed by atoms with E-state index in [1.165, 1.54) is 43.4 Å². The summed E-state index contributed by atoms with van der Waals surface area (Å²) in [6.45, 7) is 5.04. The summed E-state index contributed by atoms with van der Waals surface area (Å²) >= 11 is 0. The van der Waals surface area contributed by atoms with Crippen molar-refractivity contribution in [1.82, 2.24) is 25.3 Å². The van der Waals surface area contributed by atoms with Crippen LogP contribution >= 0.6 is 0 Å². The molecule has 0 fully saturated rings. The Labute approximate surface area is 208 Å². The van der Waals surface area contributed by atoms with Gasteiger partial charge in [-0.25, -0.2) is 9.97 Å². The molecule has 0 unspecified atom stereocenters. The van der Waals surface area contributed by atoms with Gasteiger partial charge in [-0.15, -0.1) is 0 Å². The molecule has 36 heavy (non-hydrogen) atoms. The minimum atomic E-state index is 0.370. The Bertz CT molecular complexity index is 1940. The molecule has 0 amide bonds. The summed E-state index contributed by atoms with van der Waals surface area (Å²) < 4.78 is 0. The molecule has 0 radical (unpaired) electrons. The van der Waals surface area contributed by atoms with E-state index in [1.807, 2.05) is 7.05 Å². The number of imidazole rings is 2. The van der Waals surface area contributed by atoms with Crippen molar-refractivity contribution in [3.05, 3.63) is 84.4 Å². The number of rotatable bonds is 4. The third-order valence-corrected chi connectivity index (χ3v) is 7.23. The number of aromatic nitrogens is 4. The van der Waals surface area contributed by atoms with Gasteiger partial charge in [0.05, 0.1) is 28.6 Å². The van der Waals surface area contributed by atoms with E-state index in [4.69, 9.17) is 9.97 Å². The van der Waals surface area contributed by atoms with Crippen molar-refractivity contribution in [2.24, 2.45) is 0 Å². The van der Waals surface area contributed by atoms with Crippen LogP contribution in [0.15, 0.2) is 72.8 Å². The quantitative estimate of drug-likeness (QED) is 0.235. The van der Waals surface area contributed by atoms with Crippen LogP contribution in [-0.2, 0) is 6.54 Å². The molecule has 2 heterocycles. The van der Waals surface area contributed by atoms with Gasteiger partial charge in [-0.05, 0) is 52.5 Å². The van der Waals surface area contributed by atoms with E-state index in [2.05, 4.69) is 102 Å². The van der Waals surface area contributed by atoms with Crippen LogP contribution in [0.25, 0.3) is 65.5 Å². The molecule has 0 aliphatic heterocycles. The highest BCUT2D eigenvalue weighted by Gasteiger charge is 2.14. The van der Waals surface area contributed by atoms with Crippen molar-refractivity contribution in [3.63, 3.8) is 0 Å². The minimum absolute atomic E-state index is 0.370. The van der Waals surface area contributed by atoms with E-state index in [1.54, 1.807) is 0 Å². The van der Waals surface area contributed by atoms with Crippen molar-refractivity contribution in [1.29, 1.82) is 0 Å². The van der Waals surface area contributed by atoms with Crippen LogP contribution in [0.2, 0.25) is 0 Å². The van der Waals surface area contributed by atoms with Gasteiger partial charge in [0, 0.05) is 22.1 Å². The van der Waals surface area contributed by atoms with Crippen molar-refractivity contribution < 1.29 is 0 Å². The van der Waals surface area contributed by atoms with Gasteiger partial charge in [-0.3, -0.25) is 0 Å². The molecule has 0 spiro atoms. The van der Waals surface area contributed by atoms with Gasteiger partial charge < -0.3 is 15.3 Å². The molecule has 0 atom stereocenters. The average Bonchev–Trinajstić information content (AvgIpc) is 3.54. The molecule has 7 aromatic rings. The maximum atomic E-state index is 4.91. The largest absolute Gasteiger partial charge is 0.341 e. The molecule has 7 rings (SSSR count). The number of H-pyrrole nitrogens is 2. The van der Waals surface area contributed by atoms with E-state index < -0.39 is 0 Å². The number of benzene rings is 5. The molecule has 176 valence electrons. The molecule has 5 nitrogen and oxygen atoms in total. The van der Waals surface area contributed by atoms with Gasteiger partial charge in [0.25, 0.3) is 0 Å². The van der Waals surface area contributed by atoms with Crippen molar-refractivity contribution in [2.75, 3.05) is 7.05 Å². The minimum Gasteiger partial charge on any atom is -0.341 e. The van der Waals surface area contributed by atoms with Crippen LogP contribution in [0, 0.1) is 0 Å². The van der Waals surface area contributed by atoms with Gasteiger partial charge in [-0.1, -0.05) is 68.4 Å². The average molecular weight is 470 g/mol. The smallest absolute Gasteiger partial charge is 0.121 e. The van der Waals surface area contributed by atoms with Gasteiger partial charge >= 0.3 is 0 Å². The molecule has 5 heteroatoms. The lowest BCUT2D eigenvalue weighted by Crippen LogP contribution is -2.06. The molecule has 3 N–H and O–H groups in total. The molecule has 0 aliphatic carbocycles. The van der Waals surface area contributed by atoms with Crippen molar-refractivity contribution >= 4 is 54.4 Å². The van der Waals surface area contributed by atoms with Crippen LogP contribution in [0.1, 0.15) is 31.4 Å². The summed E-state index contributed by atoms with van der Waals surface area (Å²) in [5, 5.41) is 10.5. The Morgan fingerprint density at radius 1 is 0.722 bits per heavy atom. The molecular weight excluding hydrogens is 442 g/mol. The molecule has 0 saturated heterocycles. The number of fused-ring (bicyclic) bond motifs is 9. The van der Waals surface area contributed by atoms with Gasteiger partial charge in [0.1, 0.15) is 11.6 Å². The summed E-state index contributed by atoms with van der Waals surface area (Å²) in [6, 6.07) is 26.4. The zero-order valence-electron chi connectivity index (χ0n) is 20.6. The lowest BCUT2D eigenvalue weighted by atomic mass is 9.95. The first-order valence-corrected chi connectivity index (χ1v) is 12.5. The second kappa shape index (κ2) is 7.90. The first-order valence-electron chi connectivity index (χ1n) is 12.5. The second-order valence-electron chi connectivity index (χ2n) is 9.92. The highest BCUT2D eigenvalue weighted by molar-refractivity contribution is 6.23. The van der Waals surface area contributed by atoms with E-state index >= 15 is 0 Å². The highest BCUT2D eigenvalue weighted by Crippen LogP contribution is 2.37. The Hall–Kier alpha value is -4.22. The summed E-state index contributed by atoms with van der Waals surface area (Å²) in [5.41, 5.74) is 6.69. The molecule has 0 aliphatic rings. The maximum Gasteiger partial charge on any atom is 0.121 e.